The molecule has 2 aromatic heterocycles. The first kappa shape index (κ1) is 17.0. The van der Waals surface area contributed by atoms with E-state index in [1.165, 1.54) is 6.39 Å². The van der Waals surface area contributed by atoms with Crippen LogP contribution in [0.25, 0.3) is 0 Å². The minimum Gasteiger partial charge on any atom is -0.489 e. The van der Waals surface area contributed by atoms with E-state index >= 15 is 0 Å². The van der Waals surface area contributed by atoms with Crippen LogP contribution >= 0.6 is 0 Å². The highest BCUT2D eigenvalue weighted by Crippen LogP contribution is 2.39. The SMILES string of the molecule is Cc1ocnc1C(=O)N1CC[C@@H]2O[C@@](C)(COc3cccnc3)C[C@@H]2C1. The molecule has 0 saturated carbocycles. The number of oxazole rings is 1. The van der Waals surface area contributed by atoms with Crippen molar-refractivity contribution in [2.75, 3.05) is 19.7 Å². The van der Waals surface area contributed by atoms with Crippen molar-refractivity contribution < 1.29 is 18.7 Å². The van der Waals surface area contributed by atoms with Crippen molar-refractivity contribution in [3.8, 4) is 5.75 Å². The number of likely N-dealkylation sites (tertiary alicyclic amines) is 1. The Morgan fingerprint density at radius 2 is 2.38 bits per heavy atom. The third kappa shape index (κ3) is 3.31. The molecule has 1 amide bonds. The Hall–Kier alpha value is -2.41. The summed E-state index contributed by atoms with van der Waals surface area (Å²) in [4.78, 5) is 22.7. The van der Waals surface area contributed by atoms with E-state index in [9.17, 15) is 4.79 Å². The van der Waals surface area contributed by atoms with E-state index in [0.717, 1.165) is 18.6 Å². The molecule has 0 aliphatic carbocycles. The van der Waals surface area contributed by atoms with E-state index in [4.69, 9.17) is 13.9 Å². The molecule has 2 saturated heterocycles. The molecular formula is C19H23N3O4. The maximum atomic E-state index is 12.7. The zero-order valence-corrected chi connectivity index (χ0v) is 15.1. The van der Waals surface area contributed by atoms with Gasteiger partial charge in [0.2, 0.25) is 0 Å². The number of ether oxygens (including phenoxy) is 2. The number of carbonyl (C=O) groups excluding carboxylic acids is 1. The van der Waals surface area contributed by atoms with E-state index in [2.05, 4.69) is 16.9 Å². The third-order valence-corrected chi connectivity index (χ3v) is 5.21. The van der Waals surface area contributed by atoms with Gasteiger partial charge >= 0.3 is 0 Å². The second kappa shape index (κ2) is 6.72. The molecule has 0 spiro atoms. The topological polar surface area (TPSA) is 77.7 Å². The lowest BCUT2D eigenvalue weighted by atomic mass is 9.89. The van der Waals surface area contributed by atoms with Gasteiger partial charge in [-0.2, -0.15) is 0 Å². The standard InChI is InChI=1S/C19H23N3O4/c1-13-17(21-12-25-13)18(23)22-7-5-16-14(10-22)8-19(2,26-16)11-24-15-4-3-6-20-9-15/h3-4,6,9,12,14,16H,5,7-8,10-11H2,1-2H3/t14-,16+,19-/m1/s1. The third-order valence-electron chi connectivity index (χ3n) is 5.21. The number of aryl methyl sites for hydroxylation is 1. The lowest BCUT2D eigenvalue weighted by Crippen LogP contribution is -2.44. The summed E-state index contributed by atoms with van der Waals surface area (Å²) in [6, 6.07) is 3.74. The van der Waals surface area contributed by atoms with Crippen molar-refractivity contribution in [2.45, 2.75) is 38.4 Å². The summed E-state index contributed by atoms with van der Waals surface area (Å²) in [7, 11) is 0. The summed E-state index contributed by atoms with van der Waals surface area (Å²) in [6.07, 6.45) is 6.60. The normalized spacial score (nSPS) is 28.0. The Labute approximate surface area is 152 Å². The maximum absolute atomic E-state index is 12.7. The van der Waals surface area contributed by atoms with Crippen molar-refractivity contribution >= 4 is 5.91 Å². The van der Waals surface area contributed by atoms with Crippen molar-refractivity contribution in [1.82, 2.24) is 14.9 Å². The first-order valence-electron chi connectivity index (χ1n) is 8.94. The number of amides is 1. The maximum Gasteiger partial charge on any atom is 0.276 e. The van der Waals surface area contributed by atoms with Gasteiger partial charge in [0.05, 0.1) is 12.3 Å². The summed E-state index contributed by atoms with van der Waals surface area (Å²) in [5.41, 5.74) is 0.0543. The quantitative estimate of drug-likeness (QED) is 0.836. The number of fused-ring (bicyclic) bond motifs is 1. The largest absolute Gasteiger partial charge is 0.489 e. The molecule has 0 N–H and O–H groups in total. The molecule has 2 aromatic rings. The zero-order valence-electron chi connectivity index (χ0n) is 15.1. The van der Waals surface area contributed by atoms with E-state index in [0.29, 0.717) is 37.1 Å². The molecular weight excluding hydrogens is 334 g/mol. The molecule has 7 heteroatoms. The molecule has 2 aliphatic rings. The first-order valence-corrected chi connectivity index (χ1v) is 8.94. The number of pyridine rings is 1. The second-order valence-electron chi connectivity index (χ2n) is 7.34. The van der Waals surface area contributed by atoms with Crippen LogP contribution in [-0.2, 0) is 4.74 Å². The fourth-order valence-electron chi connectivity index (χ4n) is 3.94. The van der Waals surface area contributed by atoms with Crippen LogP contribution in [0.5, 0.6) is 5.75 Å². The van der Waals surface area contributed by atoms with Crippen LogP contribution in [0.2, 0.25) is 0 Å². The fourth-order valence-corrected chi connectivity index (χ4v) is 3.94. The Morgan fingerprint density at radius 3 is 3.12 bits per heavy atom. The number of rotatable bonds is 4. The Morgan fingerprint density at radius 1 is 1.50 bits per heavy atom. The van der Waals surface area contributed by atoms with Crippen molar-refractivity contribution in [3.63, 3.8) is 0 Å². The fraction of sp³-hybridized carbons (Fsp3) is 0.526. The van der Waals surface area contributed by atoms with Crippen LogP contribution in [-0.4, -0.2) is 52.2 Å². The Balaban J connectivity index is 1.38. The smallest absolute Gasteiger partial charge is 0.276 e. The molecule has 4 rings (SSSR count). The highest BCUT2D eigenvalue weighted by Gasteiger charge is 2.47. The molecule has 0 aromatic carbocycles. The van der Waals surface area contributed by atoms with Gasteiger partial charge in [0, 0.05) is 25.2 Å². The monoisotopic (exact) mass is 357 g/mol. The molecule has 2 aliphatic heterocycles. The van der Waals surface area contributed by atoms with E-state index in [-0.39, 0.29) is 17.6 Å². The number of aromatic nitrogens is 2. The molecule has 0 unspecified atom stereocenters. The van der Waals surface area contributed by atoms with Crippen molar-refractivity contribution in [2.24, 2.45) is 5.92 Å². The summed E-state index contributed by atoms with van der Waals surface area (Å²) in [5, 5.41) is 0. The molecule has 3 atom stereocenters. The molecule has 26 heavy (non-hydrogen) atoms. The van der Waals surface area contributed by atoms with Gasteiger partial charge in [-0.1, -0.05) is 0 Å². The van der Waals surface area contributed by atoms with E-state index in [1.54, 1.807) is 19.3 Å². The highest BCUT2D eigenvalue weighted by molar-refractivity contribution is 5.93. The molecule has 0 radical (unpaired) electrons. The molecule has 2 fully saturated rings. The Bertz CT molecular complexity index is 778. The average molecular weight is 357 g/mol. The van der Waals surface area contributed by atoms with Crippen LogP contribution in [0.3, 0.4) is 0 Å². The summed E-state index contributed by atoms with van der Waals surface area (Å²) >= 11 is 0. The Kier molecular flexibility index (Phi) is 4.40. The van der Waals surface area contributed by atoms with Crippen LogP contribution in [0, 0.1) is 12.8 Å². The van der Waals surface area contributed by atoms with Gasteiger partial charge in [-0.25, -0.2) is 4.98 Å². The lowest BCUT2D eigenvalue weighted by molar-refractivity contribution is -0.0675. The van der Waals surface area contributed by atoms with Crippen molar-refractivity contribution in [3.05, 3.63) is 42.4 Å². The van der Waals surface area contributed by atoms with Crippen LogP contribution in [0.4, 0.5) is 0 Å². The van der Waals surface area contributed by atoms with Gasteiger partial charge in [-0.05, 0) is 38.8 Å². The van der Waals surface area contributed by atoms with Gasteiger partial charge in [0.1, 0.15) is 23.7 Å². The molecule has 0 bridgehead atoms. The van der Waals surface area contributed by atoms with Gasteiger partial charge in [0.25, 0.3) is 5.91 Å². The average Bonchev–Trinajstić information content (AvgIpc) is 3.22. The minimum absolute atomic E-state index is 0.0603. The van der Waals surface area contributed by atoms with Gasteiger partial charge in [0.15, 0.2) is 12.1 Å². The number of hydrogen-bond acceptors (Lipinski definition) is 6. The van der Waals surface area contributed by atoms with E-state index in [1.807, 2.05) is 17.0 Å². The molecule has 4 heterocycles. The predicted octanol–water partition coefficient (Wildman–Crippen LogP) is 2.47. The zero-order chi connectivity index (χ0) is 18.1. The number of piperidine rings is 1. The van der Waals surface area contributed by atoms with Crippen LogP contribution in [0.1, 0.15) is 36.0 Å². The number of carbonyl (C=O) groups is 1. The lowest BCUT2D eigenvalue weighted by Gasteiger charge is -2.33. The van der Waals surface area contributed by atoms with Gasteiger partial charge in [-0.3, -0.25) is 9.78 Å². The minimum atomic E-state index is -0.353. The van der Waals surface area contributed by atoms with Crippen LogP contribution < -0.4 is 4.74 Å². The van der Waals surface area contributed by atoms with Gasteiger partial charge in [-0.15, -0.1) is 0 Å². The van der Waals surface area contributed by atoms with Gasteiger partial charge < -0.3 is 18.8 Å². The second-order valence-corrected chi connectivity index (χ2v) is 7.34. The number of nitrogens with zero attached hydrogens (tertiary/aromatic N) is 3. The summed E-state index contributed by atoms with van der Waals surface area (Å²) < 4.78 is 17.3. The number of hydrogen-bond donors (Lipinski definition) is 0. The van der Waals surface area contributed by atoms with E-state index < -0.39 is 0 Å². The van der Waals surface area contributed by atoms with Crippen LogP contribution in [0.15, 0.2) is 35.3 Å². The van der Waals surface area contributed by atoms with Crippen molar-refractivity contribution in [1.29, 1.82) is 0 Å². The summed E-state index contributed by atoms with van der Waals surface area (Å²) in [6.45, 7) is 5.67. The predicted molar refractivity (Wildman–Crippen MR) is 92.9 cm³/mol. The first-order chi connectivity index (χ1) is 12.5. The highest BCUT2D eigenvalue weighted by atomic mass is 16.6. The molecule has 7 nitrogen and oxygen atoms in total. The summed E-state index contributed by atoms with van der Waals surface area (Å²) in [5.74, 6) is 1.55. The molecule has 138 valence electrons.